The molecule has 7 heteroatoms. The van der Waals surface area contributed by atoms with Gasteiger partial charge in [-0.25, -0.2) is 9.97 Å². The molecule has 2 N–H and O–H groups in total. The first-order valence-corrected chi connectivity index (χ1v) is 8.43. The van der Waals surface area contributed by atoms with Crippen molar-refractivity contribution < 1.29 is 4.79 Å². The van der Waals surface area contributed by atoms with Gasteiger partial charge in [0.25, 0.3) is 5.91 Å². The Morgan fingerprint density at radius 1 is 1.15 bits per heavy atom. The van der Waals surface area contributed by atoms with Crippen LogP contribution in [0, 0.1) is 13.8 Å². The number of nitrogens with one attached hydrogen (secondary N) is 2. The second-order valence-corrected chi connectivity index (χ2v) is 6.31. The number of carbonyl (C=O) groups excluding carboxylic acids is 1. The summed E-state index contributed by atoms with van der Waals surface area (Å²) in [6, 6.07) is 7.59. The van der Waals surface area contributed by atoms with Crippen LogP contribution in [0.3, 0.4) is 0 Å². The van der Waals surface area contributed by atoms with Crippen molar-refractivity contribution in [3.63, 3.8) is 0 Å². The molecule has 0 aliphatic rings. The lowest BCUT2D eigenvalue weighted by atomic mass is 10.1. The molecule has 2 heterocycles. The molecule has 0 saturated carbocycles. The van der Waals surface area contributed by atoms with E-state index in [1.54, 1.807) is 12.4 Å². The van der Waals surface area contributed by atoms with E-state index in [1.165, 1.54) is 12.4 Å². The third-order valence-electron chi connectivity index (χ3n) is 3.76. The summed E-state index contributed by atoms with van der Waals surface area (Å²) >= 11 is 6.23. The van der Waals surface area contributed by atoms with Crippen LogP contribution in [0.4, 0.5) is 11.6 Å². The second-order valence-electron chi connectivity index (χ2n) is 5.90. The summed E-state index contributed by atoms with van der Waals surface area (Å²) in [6.45, 7) is 4.41. The molecule has 0 aliphatic carbocycles. The van der Waals surface area contributed by atoms with E-state index in [2.05, 4.69) is 25.6 Å². The fraction of sp³-hybridized carbons (Fsp3) is 0.158. The fourth-order valence-corrected chi connectivity index (χ4v) is 2.85. The topological polar surface area (TPSA) is 79.8 Å². The zero-order valence-electron chi connectivity index (χ0n) is 14.5. The molecule has 3 aromatic rings. The summed E-state index contributed by atoms with van der Waals surface area (Å²) in [7, 11) is 0. The number of aromatic nitrogens is 3. The molecule has 0 saturated heterocycles. The first kappa shape index (κ1) is 17.8. The molecular weight excluding hydrogens is 350 g/mol. The molecule has 3 rings (SSSR count). The maximum Gasteiger partial charge on any atom is 0.258 e. The number of hydrogen-bond donors (Lipinski definition) is 2. The summed E-state index contributed by atoms with van der Waals surface area (Å²) < 4.78 is 0. The first-order valence-electron chi connectivity index (χ1n) is 8.06. The predicted molar refractivity (Wildman–Crippen MR) is 102 cm³/mol. The highest BCUT2D eigenvalue weighted by molar-refractivity contribution is 6.34. The van der Waals surface area contributed by atoms with Crippen molar-refractivity contribution in [1.82, 2.24) is 15.0 Å². The lowest BCUT2D eigenvalue weighted by Crippen LogP contribution is -2.14. The predicted octanol–water partition coefficient (Wildman–Crippen LogP) is 4.01. The number of aryl methyl sites for hydroxylation is 2. The van der Waals surface area contributed by atoms with Crippen LogP contribution in [0.15, 0.2) is 49.1 Å². The fourth-order valence-electron chi connectivity index (χ4n) is 2.48. The van der Waals surface area contributed by atoms with Gasteiger partial charge in [0.05, 0.1) is 16.3 Å². The zero-order valence-corrected chi connectivity index (χ0v) is 15.2. The van der Waals surface area contributed by atoms with Crippen LogP contribution in [0.2, 0.25) is 5.02 Å². The van der Waals surface area contributed by atoms with E-state index >= 15 is 0 Å². The SMILES string of the molecule is Cc1cc(C)c(NC(=O)c2cnc(NCc3cccnc3)nc2)c(Cl)c1. The molecule has 0 bridgehead atoms. The summed E-state index contributed by atoms with van der Waals surface area (Å²) in [5, 5.41) is 6.41. The van der Waals surface area contributed by atoms with Crippen LogP contribution >= 0.6 is 11.6 Å². The minimum atomic E-state index is -0.308. The Bertz CT molecular complexity index is 890. The summed E-state index contributed by atoms with van der Waals surface area (Å²) in [5.74, 6) is 0.132. The lowest BCUT2D eigenvalue weighted by Gasteiger charge is -2.11. The number of pyridine rings is 1. The molecular formula is C19H18ClN5O. The molecule has 0 fully saturated rings. The van der Waals surface area contributed by atoms with Gasteiger partial charge in [-0.3, -0.25) is 9.78 Å². The van der Waals surface area contributed by atoms with Crippen molar-refractivity contribution in [2.45, 2.75) is 20.4 Å². The molecule has 0 aliphatic heterocycles. The molecule has 132 valence electrons. The third kappa shape index (κ3) is 4.34. The standard InChI is InChI=1S/C19H18ClN5O/c1-12-6-13(2)17(16(20)7-12)25-18(26)15-10-23-19(24-11-15)22-9-14-4-3-5-21-8-14/h3-8,10-11H,9H2,1-2H3,(H,25,26)(H,22,23,24). The Morgan fingerprint density at radius 2 is 1.92 bits per heavy atom. The van der Waals surface area contributed by atoms with Crippen molar-refractivity contribution in [3.8, 4) is 0 Å². The van der Waals surface area contributed by atoms with Crippen LogP contribution in [0.25, 0.3) is 0 Å². The van der Waals surface area contributed by atoms with E-state index in [0.717, 1.165) is 16.7 Å². The van der Waals surface area contributed by atoms with Crippen molar-refractivity contribution in [3.05, 3.63) is 76.3 Å². The number of nitrogens with zero attached hydrogens (tertiary/aromatic N) is 3. The smallest absolute Gasteiger partial charge is 0.258 e. The Labute approximate surface area is 156 Å². The highest BCUT2D eigenvalue weighted by Gasteiger charge is 2.12. The maximum atomic E-state index is 12.4. The Hall–Kier alpha value is -2.99. The number of anilines is 2. The van der Waals surface area contributed by atoms with Gasteiger partial charge in [-0.15, -0.1) is 0 Å². The summed E-state index contributed by atoms with van der Waals surface area (Å²) in [5.41, 5.74) is 3.91. The van der Waals surface area contributed by atoms with E-state index in [9.17, 15) is 4.79 Å². The van der Waals surface area contributed by atoms with Crippen molar-refractivity contribution in [2.75, 3.05) is 10.6 Å². The number of benzene rings is 1. The quantitative estimate of drug-likeness (QED) is 0.712. The van der Waals surface area contributed by atoms with Gasteiger partial charge in [0.15, 0.2) is 0 Å². The molecule has 2 aromatic heterocycles. The molecule has 1 aromatic carbocycles. The number of halogens is 1. The van der Waals surface area contributed by atoms with Crippen molar-refractivity contribution in [2.24, 2.45) is 0 Å². The van der Waals surface area contributed by atoms with Gasteiger partial charge >= 0.3 is 0 Å². The lowest BCUT2D eigenvalue weighted by molar-refractivity contribution is 0.102. The molecule has 1 amide bonds. The highest BCUT2D eigenvalue weighted by atomic mass is 35.5. The molecule has 0 radical (unpaired) electrons. The Kier molecular flexibility index (Phi) is 5.43. The average molecular weight is 368 g/mol. The second kappa shape index (κ2) is 7.93. The van der Waals surface area contributed by atoms with Crippen molar-refractivity contribution in [1.29, 1.82) is 0 Å². The van der Waals surface area contributed by atoms with Crippen LogP contribution in [-0.2, 0) is 6.54 Å². The largest absolute Gasteiger partial charge is 0.350 e. The van der Waals surface area contributed by atoms with Crippen molar-refractivity contribution >= 4 is 29.1 Å². The highest BCUT2D eigenvalue weighted by Crippen LogP contribution is 2.27. The monoisotopic (exact) mass is 367 g/mol. The molecule has 0 spiro atoms. The number of hydrogen-bond acceptors (Lipinski definition) is 5. The molecule has 6 nitrogen and oxygen atoms in total. The van der Waals surface area contributed by atoms with Gasteiger partial charge in [-0.05, 0) is 42.7 Å². The number of rotatable bonds is 5. The number of amides is 1. The summed E-state index contributed by atoms with van der Waals surface area (Å²) in [4.78, 5) is 24.8. The van der Waals surface area contributed by atoms with Crippen LogP contribution in [0.1, 0.15) is 27.0 Å². The van der Waals surface area contributed by atoms with E-state index in [-0.39, 0.29) is 5.91 Å². The third-order valence-corrected chi connectivity index (χ3v) is 4.06. The van der Waals surface area contributed by atoms with Crippen LogP contribution in [-0.4, -0.2) is 20.9 Å². The van der Waals surface area contributed by atoms with Crippen LogP contribution < -0.4 is 10.6 Å². The summed E-state index contributed by atoms with van der Waals surface area (Å²) in [6.07, 6.45) is 6.44. The number of carbonyl (C=O) groups is 1. The van der Waals surface area contributed by atoms with E-state index in [4.69, 9.17) is 11.6 Å². The normalized spacial score (nSPS) is 10.4. The Morgan fingerprint density at radius 3 is 2.58 bits per heavy atom. The van der Waals surface area contributed by atoms with E-state index in [1.807, 2.05) is 38.1 Å². The van der Waals surface area contributed by atoms with Crippen LogP contribution in [0.5, 0.6) is 0 Å². The maximum absolute atomic E-state index is 12.4. The van der Waals surface area contributed by atoms with E-state index in [0.29, 0.717) is 28.8 Å². The molecule has 0 atom stereocenters. The average Bonchev–Trinajstić information content (AvgIpc) is 2.64. The van der Waals surface area contributed by atoms with Gasteiger partial charge in [0.2, 0.25) is 5.95 Å². The molecule has 26 heavy (non-hydrogen) atoms. The van der Waals surface area contributed by atoms with Gasteiger partial charge in [-0.1, -0.05) is 23.7 Å². The van der Waals surface area contributed by atoms with Gasteiger partial charge < -0.3 is 10.6 Å². The van der Waals surface area contributed by atoms with Gasteiger partial charge in [0, 0.05) is 31.3 Å². The van der Waals surface area contributed by atoms with E-state index < -0.39 is 0 Å². The van der Waals surface area contributed by atoms with Gasteiger partial charge in [0.1, 0.15) is 0 Å². The Balaban J connectivity index is 1.66. The minimum absolute atomic E-state index is 0.308. The zero-order chi connectivity index (χ0) is 18.5. The molecule has 0 unspecified atom stereocenters. The minimum Gasteiger partial charge on any atom is -0.350 e. The van der Waals surface area contributed by atoms with Gasteiger partial charge in [-0.2, -0.15) is 0 Å². The first-order chi connectivity index (χ1) is 12.5.